The molecule has 0 bridgehead atoms. The lowest BCUT2D eigenvalue weighted by Crippen LogP contribution is -2.16. The number of halogens is 5. The van der Waals surface area contributed by atoms with Gasteiger partial charge < -0.3 is 4.98 Å². The van der Waals surface area contributed by atoms with E-state index in [1.54, 1.807) is 13.8 Å². The summed E-state index contributed by atoms with van der Waals surface area (Å²) >= 11 is 0. The zero-order valence-electron chi connectivity index (χ0n) is 18.2. The van der Waals surface area contributed by atoms with Crippen molar-refractivity contribution in [2.45, 2.75) is 39.3 Å². The average molecular weight is 480 g/mol. The van der Waals surface area contributed by atoms with Crippen LogP contribution in [0.5, 0.6) is 0 Å². The van der Waals surface area contributed by atoms with E-state index in [1.807, 2.05) is 0 Å². The highest BCUT2D eigenvalue weighted by molar-refractivity contribution is 6.04. The van der Waals surface area contributed by atoms with Gasteiger partial charge >= 0.3 is 6.18 Å². The van der Waals surface area contributed by atoms with Gasteiger partial charge in [-0.05, 0) is 30.2 Å². The molecular formula is C23H21F5N4O2. The van der Waals surface area contributed by atoms with Crippen LogP contribution in [0.2, 0.25) is 0 Å². The molecule has 0 aliphatic heterocycles. The Balaban J connectivity index is 1.78. The van der Waals surface area contributed by atoms with Crippen LogP contribution in [0.3, 0.4) is 0 Å². The number of anilines is 1. The van der Waals surface area contributed by atoms with Gasteiger partial charge in [-0.15, -0.1) is 0 Å². The van der Waals surface area contributed by atoms with Gasteiger partial charge in [0.1, 0.15) is 11.5 Å². The number of H-pyrrole nitrogens is 1. The molecule has 0 saturated heterocycles. The highest BCUT2D eigenvalue weighted by Gasteiger charge is 2.32. The van der Waals surface area contributed by atoms with Gasteiger partial charge in [0.2, 0.25) is 5.95 Å². The molecule has 0 aliphatic rings. The molecule has 0 spiro atoms. The molecule has 1 aromatic carbocycles. The highest BCUT2D eigenvalue weighted by atomic mass is 19.4. The number of nitrogens with one attached hydrogen (secondary N) is 2. The van der Waals surface area contributed by atoms with Crippen LogP contribution in [-0.2, 0) is 17.4 Å². The number of Topliss-reactive ketones (excluding diaryl/α,β-unsaturated/α-hetero) is 1. The number of rotatable bonds is 8. The standard InChI is InChI=1S/C23H21F5N4O2/c1-12(2)18(33)7-4-13-3-6-15(20(24)25)16(9-13)21(34)32-22-30-11-17(31-22)14-5-8-19(29-10-14)23(26,27)28/h3,5-6,8-12,20H,4,7H2,1-2H3,(H2,30,31,32,34). The summed E-state index contributed by atoms with van der Waals surface area (Å²) < 4.78 is 65.0. The second-order valence-corrected chi connectivity index (χ2v) is 7.87. The quantitative estimate of drug-likeness (QED) is 0.397. The van der Waals surface area contributed by atoms with Gasteiger partial charge in [0.15, 0.2) is 0 Å². The van der Waals surface area contributed by atoms with Crippen molar-refractivity contribution in [2.24, 2.45) is 5.92 Å². The number of pyridine rings is 1. The molecule has 0 saturated carbocycles. The summed E-state index contributed by atoms with van der Waals surface area (Å²) in [7, 11) is 0. The van der Waals surface area contributed by atoms with Crippen molar-refractivity contribution in [3.8, 4) is 11.3 Å². The normalized spacial score (nSPS) is 11.8. The fourth-order valence-electron chi connectivity index (χ4n) is 3.13. The summed E-state index contributed by atoms with van der Waals surface area (Å²) in [5.41, 5.74) is -0.690. The van der Waals surface area contributed by atoms with Crippen LogP contribution in [0, 0.1) is 5.92 Å². The molecule has 180 valence electrons. The molecule has 3 aromatic rings. The Labute approximate surface area is 191 Å². The van der Waals surface area contributed by atoms with E-state index < -0.39 is 29.8 Å². The van der Waals surface area contributed by atoms with Gasteiger partial charge in [0, 0.05) is 35.2 Å². The average Bonchev–Trinajstić information content (AvgIpc) is 3.25. The highest BCUT2D eigenvalue weighted by Crippen LogP contribution is 2.29. The number of alkyl halides is 5. The minimum Gasteiger partial charge on any atom is -0.324 e. The zero-order chi connectivity index (χ0) is 25.0. The van der Waals surface area contributed by atoms with Crippen molar-refractivity contribution < 1.29 is 31.5 Å². The van der Waals surface area contributed by atoms with Crippen LogP contribution >= 0.6 is 0 Å². The Kier molecular flexibility index (Phi) is 7.43. The zero-order valence-corrected chi connectivity index (χ0v) is 18.2. The molecule has 34 heavy (non-hydrogen) atoms. The Hall–Kier alpha value is -3.63. The Bertz CT molecular complexity index is 1170. The maximum absolute atomic E-state index is 13.5. The summed E-state index contributed by atoms with van der Waals surface area (Å²) in [5.74, 6) is -1.07. The molecule has 0 fully saturated rings. The summed E-state index contributed by atoms with van der Waals surface area (Å²) in [4.78, 5) is 34.6. The van der Waals surface area contributed by atoms with E-state index in [4.69, 9.17) is 0 Å². The Morgan fingerprint density at radius 1 is 1.06 bits per heavy atom. The summed E-state index contributed by atoms with van der Waals surface area (Å²) in [6.45, 7) is 3.53. The smallest absolute Gasteiger partial charge is 0.324 e. The summed E-state index contributed by atoms with van der Waals surface area (Å²) in [6.07, 6.45) is -4.70. The molecule has 2 N–H and O–H groups in total. The van der Waals surface area contributed by atoms with Crippen LogP contribution in [0.1, 0.15) is 53.9 Å². The van der Waals surface area contributed by atoms with Crippen LogP contribution in [-0.4, -0.2) is 26.6 Å². The van der Waals surface area contributed by atoms with E-state index in [0.29, 0.717) is 12.0 Å². The number of hydrogen-bond acceptors (Lipinski definition) is 4. The maximum atomic E-state index is 13.5. The molecule has 1 amide bonds. The molecular weight excluding hydrogens is 459 g/mol. The predicted octanol–water partition coefficient (Wildman–Crippen LogP) is 5.84. The first-order chi connectivity index (χ1) is 16.0. The molecule has 2 heterocycles. The molecule has 0 atom stereocenters. The van der Waals surface area contributed by atoms with Gasteiger partial charge in [-0.3, -0.25) is 19.9 Å². The number of amides is 1. The second kappa shape index (κ2) is 10.1. The van der Waals surface area contributed by atoms with Crippen LogP contribution in [0.15, 0.2) is 42.7 Å². The Morgan fingerprint density at radius 3 is 2.38 bits per heavy atom. The van der Waals surface area contributed by atoms with Gasteiger partial charge in [-0.2, -0.15) is 13.2 Å². The fraction of sp³-hybridized carbons (Fsp3) is 0.304. The maximum Gasteiger partial charge on any atom is 0.433 e. The number of hydrogen-bond donors (Lipinski definition) is 2. The number of aryl methyl sites for hydroxylation is 1. The minimum absolute atomic E-state index is 0.0183. The van der Waals surface area contributed by atoms with Crippen LogP contribution in [0.25, 0.3) is 11.3 Å². The lowest BCUT2D eigenvalue weighted by molar-refractivity contribution is -0.141. The van der Waals surface area contributed by atoms with Crippen molar-refractivity contribution in [3.63, 3.8) is 0 Å². The van der Waals surface area contributed by atoms with Gasteiger partial charge in [0.25, 0.3) is 12.3 Å². The second-order valence-electron chi connectivity index (χ2n) is 7.87. The minimum atomic E-state index is -4.58. The van der Waals surface area contributed by atoms with Gasteiger partial charge in [-0.25, -0.2) is 13.8 Å². The molecule has 11 heteroatoms. The lowest BCUT2D eigenvalue weighted by Gasteiger charge is -2.11. The van der Waals surface area contributed by atoms with Crippen LogP contribution in [0.4, 0.5) is 27.9 Å². The molecule has 0 aliphatic carbocycles. The van der Waals surface area contributed by atoms with E-state index in [2.05, 4.69) is 20.3 Å². The van der Waals surface area contributed by atoms with E-state index in [0.717, 1.165) is 18.3 Å². The van der Waals surface area contributed by atoms with Crippen molar-refractivity contribution in [1.82, 2.24) is 15.0 Å². The number of carbonyl (C=O) groups is 2. The monoisotopic (exact) mass is 480 g/mol. The van der Waals surface area contributed by atoms with Crippen molar-refractivity contribution in [2.75, 3.05) is 5.32 Å². The fourth-order valence-corrected chi connectivity index (χ4v) is 3.13. The van der Waals surface area contributed by atoms with Crippen molar-refractivity contribution in [3.05, 3.63) is 65.1 Å². The first kappa shape index (κ1) is 25.0. The number of imidazole rings is 1. The van der Waals surface area contributed by atoms with Crippen molar-refractivity contribution >= 4 is 17.6 Å². The van der Waals surface area contributed by atoms with Gasteiger partial charge in [0.05, 0.1) is 11.9 Å². The van der Waals surface area contributed by atoms with E-state index in [-0.39, 0.29) is 40.9 Å². The number of aromatic nitrogens is 3. The third-order valence-electron chi connectivity index (χ3n) is 5.07. The third-order valence-corrected chi connectivity index (χ3v) is 5.07. The van der Waals surface area contributed by atoms with E-state index in [1.165, 1.54) is 24.4 Å². The summed E-state index contributed by atoms with van der Waals surface area (Å²) in [5, 5.41) is 2.38. The molecule has 6 nitrogen and oxygen atoms in total. The first-order valence-electron chi connectivity index (χ1n) is 10.3. The topological polar surface area (TPSA) is 87.7 Å². The number of nitrogens with zero attached hydrogens (tertiary/aromatic N) is 2. The third kappa shape index (κ3) is 6.03. The van der Waals surface area contributed by atoms with E-state index >= 15 is 0 Å². The molecule has 0 unspecified atom stereocenters. The number of ketones is 1. The number of carbonyl (C=O) groups excluding carboxylic acids is 2. The number of aromatic amines is 1. The summed E-state index contributed by atoms with van der Waals surface area (Å²) in [6, 6.07) is 5.91. The van der Waals surface area contributed by atoms with Crippen LogP contribution < -0.4 is 5.32 Å². The molecule has 3 rings (SSSR count). The largest absolute Gasteiger partial charge is 0.433 e. The lowest BCUT2D eigenvalue weighted by atomic mass is 9.97. The number of benzene rings is 1. The Morgan fingerprint density at radius 2 is 1.79 bits per heavy atom. The molecule has 0 radical (unpaired) electrons. The van der Waals surface area contributed by atoms with Crippen molar-refractivity contribution in [1.29, 1.82) is 0 Å². The van der Waals surface area contributed by atoms with E-state index in [9.17, 15) is 31.5 Å². The molecule has 2 aromatic heterocycles. The predicted molar refractivity (Wildman–Crippen MR) is 114 cm³/mol. The first-order valence-corrected chi connectivity index (χ1v) is 10.3. The van der Waals surface area contributed by atoms with Gasteiger partial charge in [-0.1, -0.05) is 26.0 Å². The SMILES string of the molecule is CC(C)C(=O)CCc1ccc(C(F)F)c(C(=O)Nc2ncc(-c3ccc(C(F)(F)F)nc3)[nH]2)c1.